The highest BCUT2D eigenvalue weighted by atomic mass is 35.5. The highest BCUT2D eigenvalue weighted by Gasteiger charge is 2.20. The normalized spacial score (nSPS) is 14.4. The Morgan fingerprint density at radius 3 is 2.59 bits per heavy atom. The fraction of sp³-hybridized carbons (Fsp3) is 0.370. The number of anilines is 3. The number of nitrogens with one attached hydrogen (secondary N) is 1. The monoisotopic (exact) mass is 560 g/mol. The SMILES string of the molecule is CC(C)N1CCN(CCOc2ccc(Nc3nccc(N(Cc4cc(Cl)ccc4F)C(=O)O)n3)cc2F)CC1. The first-order valence-corrected chi connectivity index (χ1v) is 13.0. The number of ether oxygens (including phenoxy) is 1. The van der Waals surface area contributed by atoms with E-state index in [9.17, 15) is 18.7 Å². The van der Waals surface area contributed by atoms with E-state index in [2.05, 4.69) is 38.9 Å². The Kier molecular flexibility index (Phi) is 9.50. The molecule has 1 amide bonds. The number of benzene rings is 2. The Hall–Kier alpha value is -3.54. The van der Waals surface area contributed by atoms with Crippen LogP contribution in [0.2, 0.25) is 5.02 Å². The molecular formula is C27H31ClF2N6O3. The lowest BCUT2D eigenvalue weighted by Crippen LogP contribution is -2.49. The molecule has 2 N–H and O–H groups in total. The van der Waals surface area contributed by atoms with Gasteiger partial charge in [0.25, 0.3) is 0 Å². The van der Waals surface area contributed by atoms with Crippen molar-refractivity contribution in [2.45, 2.75) is 26.4 Å². The minimum Gasteiger partial charge on any atom is -0.489 e. The van der Waals surface area contributed by atoms with Gasteiger partial charge in [-0.15, -0.1) is 0 Å². The standard InChI is InChI=1S/C27H31ClF2N6O3/c1-18(2)35-11-9-34(10-12-35)13-14-39-24-6-4-21(16-23(24)30)32-26-31-8-7-25(33-26)36(27(37)38)17-19-15-20(28)3-5-22(19)29/h3-8,15-16,18H,9-14,17H2,1-2H3,(H,37,38)(H,31,32,33). The smallest absolute Gasteiger partial charge is 0.413 e. The van der Waals surface area contributed by atoms with Crippen molar-refractivity contribution >= 4 is 35.1 Å². The van der Waals surface area contributed by atoms with Crippen LogP contribution in [0.1, 0.15) is 19.4 Å². The molecule has 2 aromatic carbocycles. The molecule has 12 heteroatoms. The van der Waals surface area contributed by atoms with Crippen molar-refractivity contribution in [3.8, 4) is 5.75 Å². The number of aromatic nitrogens is 2. The number of carbonyl (C=O) groups is 1. The molecule has 1 saturated heterocycles. The van der Waals surface area contributed by atoms with Gasteiger partial charge in [0.1, 0.15) is 18.2 Å². The Morgan fingerprint density at radius 2 is 1.90 bits per heavy atom. The van der Waals surface area contributed by atoms with Crippen LogP contribution in [0.5, 0.6) is 5.75 Å². The number of hydrogen-bond acceptors (Lipinski definition) is 7. The minimum absolute atomic E-state index is 0.00836. The summed E-state index contributed by atoms with van der Waals surface area (Å²) in [5, 5.41) is 12.8. The van der Waals surface area contributed by atoms with Crippen molar-refractivity contribution in [1.29, 1.82) is 0 Å². The number of hydrogen-bond donors (Lipinski definition) is 2. The lowest BCUT2D eigenvalue weighted by molar-refractivity contribution is 0.0965. The maximum absolute atomic E-state index is 14.7. The zero-order valence-electron chi connectivity index (χ0n) is 21.8. The van der Waals surface area contributed by atoms with E-state index in [1.165, 1.54) is 42.6 Å². The summed E-state index contributed by atoms with van der Waals surface area (Å²) in [6.45, 7) is 9.09. The van der Waals surface area contributed by atoms with Gasteiger partial charge >= 0.3 is 6.09 Å². The van der Waals surface area contributed by atoms with Crippen LogP contribution in [0.4, 0.5) is 31.0 Å². The highest BCUT2D eigenvalue weighted by molar-refractivity contribution is 6.30. The Bertz CT molecular complexity index is 1290. The first-order chi connectivity index (χ1) is 18.7. The van der Waals surface area contributed by atoms with Crippen LogP contribution in [0.3, 0.4) is 0 Å². The summed E-state index contributed by atoms with van der Waals surface area (Å²) in [6.07, 6.45) is 0.0115. The third kappa shape index (κ3) is 7.75. The number of carboxylic acid groups (broad SMARTS) is 1. The molecule has 9 nitrogen and oxygen atoms in total. The molecule has 1 fully saturated rings. The highest BCUT2D eigenvalue weighted by Crippen LogP contribution is 2.25. The molecule has 4 rings (SSSR count). The van der Waals surface area contributed by atoms with E-state index in [4.69, 9.17) is 16.3 Å². The fourth-order valence-corrected chi connectivity index (χ4v) is 4.45. The number of nitrogens with zero attached hydrogens (tertiary/aromatic N) is 5. The number of piperazine rings is 1. The molecule has 1 aliphatic heterocycles. The second-order valence-corrected chi connectivity index (χ2v) is 9.87. The average molecular weight is 561 g/mol. The Balaban J connectivity index is 1.36. The molecule has 1 aromatic heterocycles. The maximum Gasteiger partial charge on any atom is 0.413 e. The molecule has 208 valence electrons. The maximum atomic E-state index is 14.7. The van der Waals surface area contributed by atoms with Crippen LogP contribution in [-0.4, -0.2) is 76.3 Å². The van der Waals surface area contributed by atoms with E-state index in [1.807, 2.05) is 0 Å². The van der Waals surface area contributed by atoms with E-state index in [0.717, 1.165) is 31.1 Å². The lowest BCUT2D eigenvalue weighted by Gasteiger charge is -2.36. The molecule has 3 aromatic rings. The van der Waals surface area contributed by atoms with Gasteiger partial charge in [0.2, 0.25) is 5.95 Å². The summed E-state index contributed by atoms with van der Waals surface area (Å²) in [7, 11) is 0. The van der Waals surface area contributed by atoms with Crippen LogP contribution >= 0.6 is 11.6 Å². The largest absolute Gasteiger partial charge is 0.489 e. The summed E-state index contributed by atoms with van der Waals surface area (Å²) < 4.78 is 34.6. The van der Waals surface area contributed by atoms with Gasteiger partial charge in [-0.25, -0.2) is 18.6 Å². The van der Waals surface area contributed by atoms with Crippen LogP contribution in [0.25, 0.3) is 0 Å². The van der Waals surface area contributed by atoms with E-state index >= 15 is 0 Å². The molecular weight excluding hydrogens is 530 g/mol. The first kappa shape index (κ1) is 28.5. The quantitative estimate of drug-likeness (QED) is 0.348. The predicted molar refractivity (Wildman–Crippen MR) is 146 cm³/mol. The Morgan fingerprint density at radius 1 is 1.13 bits per heavy atom. The van der Waals surface area contributed by atoms with Crippen molar-refractivity contribution in [3.05, 3.63) is 70.9 Å². The van der Waals surface area contributed by atoms with Crippen molar-refractivity contribution in [1.82, 2.24) is 19.8 Å². The van der Waals surface area contributed by atoms with Crippen molar-refractivity contribution in [3.63, 3.8) is 0 Å². The number of halogens is 3. The van der Waals surface area contributed by atoms with Crippen LogP contribution in [0, 0.1) is 11.6 Å². The topological polar surface area (TPSA) is 94.1 Å². The van der Waals surface area contributed by atoms with Gasteiger partial charge in [-0.2, -0.15) is 4.98 Å². The molecule has 0 atom stereocenters. The molecule has 0 aliphatic carbocycles. The summed E-state index contributed by atoms with van der Waals surface area (Å²) in [6, 6.07) is 10.2. The predicted octanol–water partition coefficient (Wildman–Crippen LogP) is 5.24. The molecule has 1 aliphatic rings. The molecule has 0 radical (unpaired) electrons. The van der Waals surface area contributed by atoms with Gasteiger partial charge in [-0.05, 0) is 50.2 Å². The molecule has 0 spiro atoms. The van der Waals surface area contributed by atoms with E-state index < -0.39 is 17.7 Å². The van der Waals surface area contributed by atoms with Crippen molar-refractivity contribution in [2.75, 3.05) is 49.5 Å². The number of rotatable bonds is 10. The first-order valence-electron chi connectivity index (χ1n) is 12.6. The van der Waals surface area contributed by atoms with Gasteiger partial charge < -0.3 is 15.2 Å². The third-order valence-corrected chi connectivity index (χ3v) is 6.71. The third-order valence-electron chi connectivity index (χ3n) is 6.47. The second-order valence-electron chi connectivity index (χ2n) is 9.43. The molecule has 0 saturated carbocycles. The van der Waals surface area contributed by atoms with E-state index in [1.54, 1.807) is 6.07 Å². The minimum atomic E-state index is -1.34. The van der Waals surface area contributed by atoms with Crippen LogP contribution in [-0.2, 0) is 6.54 Å². The van der Waals surface area contributed by atoms with E-state index in [-0.39, 0.29) is 34.6 Å². The van der Waals surface area contributed by atoms with Gasteiger partial charge in [0.05, 0.1) is 6.54 Å². The van der Waals surface area contributed by atoms with Crippen LogP contribution in [0.15, 0.2) is 48.7 Å². The van der Waals surface area contributed by atoms with E-state index in [0.29, 0.717) is 24.9 Å². The molecule has 0 unspecified atom stereocenters. The fourth-order valence-electron chi connectivity index (χ4n) is 4.25. The summed E-state index contributed by atoms with van der Waals surface area (Å²) in [4.78, 5) is 25.8. The average Bonchev–Trinajstić information content (AvgIpc) is 2.90. The zero-order valence-corrected chi connectivity index (χ0v) is 22.5. The van der Waals surface area contributed by atoms with Crippen molar-refractivity contribution in [2.24, 2.45) is 0 Å². The van der Waals surface area contributed by atoms with Crippen molar-refractivity contribution < 1.29 is 23.4 Å². The summed E-state index contributed by atoms with van der Waals surface area (Å²) >= 11 is 5.93. The second kappa shape index (κ2) is 13.0. The Labute approximate surface area is 231 Å². The molecule has 2 heterocycles. The number of amides is 1. The summed E-state index contributed by atoms with van der Waals surface area (Å²) in [5.74, 6) is -0.960. The lowest BCUT2D eigenvalue weighted by atomic mass is 10.2. The summed E-state index contributed by atoms with van der Waals surface area (Å²) in [5.41, 5.74) is 0.443. The van der Waals surface area contributed by atoms with Gasteiger partial charge in [0, 0.05) is 67.3 Å². The van der Waals surface area contributed by atoms with Gasteiger partial charge in [-0.1, -0.05) is 11.6 Å². The molecule has 39 heavy (non-hydrogen) atoms. The van der Waals surface area contributed by atoms with Gasteiger partial charge in [-0.3, -0.25) is 14.7 Å². The van der Waals surface area contributed by atoms with Gasteiger partial charge in [0.15, 0.2) is 11.6 Å². The van der Waals surface area contributed by atoms with Crippen LogP contribution < -0.4 is 15.0 Å². The molecule has 0 bridgehead atoms. The zero-order chi connectivity index (χ0) is 27.9.